The van der Waals surface area contributed by atoms with Crippen LogP contribution in [0, 0.1) is 0 Å². The molecule has 136 valence electrons. The van der Waals surface area contributed by atoms with Gasteiger partial charge in [-0.1, -0.05) is 31.2 Å². The van der Waals surface area contributed by atoms with Gasteiger partial charge in [-0.2, -0.15) is 0 Å². The van der Waals surface area contributed by atoms with Crippen LogP contribution in [0.15, 0.2) is 69.6 Å². The molecule has 1 N–H and O–H groups in total. The predicted octanol–water partition coefficient (Wildman–Crippen LogP) is 5.93. The molecular formula is C22H18BrNO3. The van der Waals surface area contributed by atoms with Gasteiger partial charge in [0, 0.05) is 22.5 Å². The number of amides is 1. The zero-order chi connectivity index (χ0) is 18.8. The molecule has 0 bridgehead atoms. The van der Waals surface area contributed by atoms with Crippen LogP contribution >= 0.6 is 15.9 Å². The van der Waals surface area contributed by atoms with Crippen LogP contribution in [0.4, 0.5) is 5.69 Å². The highest BCUT2D eigenvalue weighted by atomic mass is 79.9. The summed E-state index contributed by atoms with van der Waals surface area (Å²) in [5, 5.41) is 4.94. The molecule has 4 nitrogen and oxygen atoms in total. The van der Waals surface area contributed by atoms with Gasteiger partial charge in [-0.3, -0.25) is 4.79 Å². The largest absolute Gasteiger partial charge is 0.483 e. The fraction of sp³-hybridized carbons (Fsp3) is 0.136. The number of fused-ring (bicyclic) bond motifs is 3. The third-order valence-electron chi connectivity index (χ3n) is 4.43. The van der Waals surface area contributed by atoms with Crippen molar-refractivity contribution < 1.29 is 13.9 Å². The number of rotatable bonds is 5. The van der Waals surface area contributed by atoms with E-state index in [1.165, 1.54) is 5.56 Å². The Labute approximate surface area is 165 Å². The lowest BCUT2D eigenvalue weighted by Gasteiger charge is -2.10. The van der Waals surface area contributed by atoms with Crippen molar-refractivity contribution in [2.24, 2.45) is 0 Å². The minimum absolute atomic E-state index is 0.0672. The Morgan fingerprint density at radius 3 is 2.67 bits per heavy atom. The van der Waals surface area contributed by atoms with Gasteiger partial charge in [-0.15, -0.1) is 0 Å². The van der Waals surface area contributed by atoms with Gasteiger partial charge in [-0.25, -0.2) is 0 Å². The standard InChI is InChI=1S/C22H18BrNO3/c1-2-14-7-10-20(18(23)11-14)26-13-22(25)24-15-8-9-17-16-5-3-4-6-19(16)27-21(17)12-15/h3-12H,2,13H2,1H3,(H,24,25). The summed E-state index contributed by atoms with van der Waals surface area (Å²) < 4.78 is 12.3. The van der Waals surface area contributed by atoms with E-state index in [1.54, 1.807) is 0 Å². The number of benzene rings is 3. The van der Waals surface area contributed by atoms with Crippen LogP contribution in [0.25, 0.3) is 21.9 Å². The van der Waals surface area contributed by atoms with Crippen molar-refractivity contribution in [2.75, 3.05) is 11.9 Å². The second-order valence-corrected chi connectivity index (χ2v) is 7.12. The Morgan fingerprint density at radius 1 is 1.04 bits per heavy atom. The molecule has 0 spiro atoms. The van der Waals surface area contributed by atoms with Crippen molar-refractivity contribution >= 4 is 49.5 Å². The number of carbonyl (C=O) groups is 1. The predicted molar refractivity (Wildman–Crippen MR) is 111 cm³/mol. The van der Waals surface area contributed by atoms with Crippen molar-refractivity contribution in [3.63, 3.8) is 0 Å². The van der Waals surface area contributed by atoms with E-state index in [1.807, 2.05) is 60.7 Å². The first-order chi connectivity index (χ1) is 13.1. The maximum absolute atomic E-state index is 12.2. The molecule has 1 amide bonds. The average molecular weight is 424 g/mol. The van der Waals surface area contributed by atoms with Crippen molar-refractivity contribution in [2.45, 2.75) is 13.3 Å². The molecule has 0 saturated carbocycles. The highest BCUT2D eigenvalue weighted by Crippen LogP contribution is 2.30. The first kappa shape index (κ1) is 17.6. The molecule has 0 radical (unpaired) electrons. The van der Waals surface area contributed by atoms with Crippen LogP contribution in [0.3, 0.4) is 0 Å². The van der Waals surface area contributed by atoms with Crippen LogP contribution in [0.1, 0.15) is 12.5 Å². The molecule has 0 aliphatic heterocycles. The van der Waals surface area contributed by atoms with Gasteiger partial charge in [0.05, 0.1) is 4.47 Å². The van der Waals surface area contributed by atoms with Crippen molar-refractivity contribution in [3.8, 4) is 5.75 Å². The molecule has 1 heterocycles. The number of furan rings is 1. The summed E-state index contributed by atoms with van der Waals surface area (Å²) in [6.45, 7) is 2.02. The van der Waals surface area contributed by atoms with Crippen LogP contribution in [-0.2, 0) is 11.2 Å². The monoisotopic (exact) mass is 423 g/mol. The molecular weight excluding hydrogens is 406 g/mol. The molecule has 0 aliphatic carbocycles. The maximum atomic E-state index is 12.2. The van der Waals surface area contributed by atoms with Gasteiger partial charge in [-0.05, 0) is 58.2 Å². The van der Waals surface area contributed by atoms with Crippen LogP contribution in [0.5, 0.6) is 5.75 Å². The molecule has 5 heteroatoms. The van der Waals surface area contributed by atoms with E-state index in [0.717, 1.165) is 32.8 Å². The van der Waals surface area contributed by atoms with Gasteiger partial charge >= 0.3 is 0 Å². The van der Waals surface area contributed by atoms with Crippen molar-refractivity contribution in [3.05, 3.63) is 70.7 Å². The van der Waals surface area contributed by atoms with E-state index in [0.29, 0.717) is 11.4 Å². The quantitative estimate of drug-likeness (QED) is 0.432. The zero-order valence-electron chi connectivity index (χ0n) is 14.8. The number of hydrogen-bond acceptors (Lipinski definition) is 3. The molecule has 0 aliphatic rings. The number of hydrogen-bond donors (Lipinski definition) is 1. The lowest BCUT2D eigenvalue weighted by Crippen LogP contribution is -2.20. The number of anilines is 1. The van der Waals surface area contributed by atoms with Gasteiger partial charge < -0.3 is 14.5 Å². The summed E-state index contributed by atoms with van der Waals surface area (Å²) >= 11 is 3.48. The first-order valence-electron chi connectivity index (χ1n) is 8.76. The summed E-state index contributed by atoms with van der Waals surface area (Å²) in [4.78, 5) is 12.2. The number of halogens is 1. The Kier molecular flexibility index (Phi) is 4.86. The summed E-state index contributed by atoms with van der Waals surface area (Å²) in [6, 6.07) is 19.4. The van der Waals surface area contributed by atoms with Crippen molar-refractivity contribution in [1.82, 2.24) is 0 Å². The molecule has 3 aromatic carbocycles. The Bertz CT molecular complexity index is 1130. The Morgan fingerprint density at radius 2 is 1.85 bits per heavy atom. The van der Waals surface area contributed by atoms with E-state index in [-0.39, 0.29) is 12.5 Å². The summed E-state index contributed by atoms with van der Waals surface area (Å²) in [6.07, 6.45) is 0.948. The highest BCUT2D eigenvalue weighted by molar-refractivity contribution is 9.10. The smallest absolute Gasteiger partial charge is 0.262 e. The maximum Gasteiger partial charge on any atom is 0.262 e. The number of ether oxygens (including phenoxy) is 1. The fourth-order valence-electron chi connectivity index (χ4n) is 3.03. The SMILES string of the molecule is CCc1ccc(OCC(=O)Nc2ccc3c(c2)oc2ccccc23)c(Br)c1. The topological polar surface area (TPSA) is 51.5 Å². The van der Waals surface area contributed by atoms with E-state index >= 15 is 0 Å². The first-order valence-corrected chi connectivity index (χ1v) is 9.55. The molecule has 27 heavy (non-hydrogen) atoms. The van der Waals surface area contributed by atoms with Crippen LogP contribution in [-0.4, -0.2) is 12.5 Å². The minimum atomic E-state index is -0.225. The van der Waals surface area contributed by atoms with Gasteiger partial charge in [0.1, 0.15) is 16.9 Å². The fourth-order valence-corrected chi connectivity index (χ4v) is 3.57. The third-order valence-corrected chi connectivity index (χ3v) is 5.05. The zero-order valence-corrected chi connectivity index (χ0v) is 16.4. The van der Waals surface area contributed by atoms with Crippen LogP contribution < -0.4 is 10.1 Å². The molecule has 1 aromatic heterocycles. The van der Waals surface area contributed by atoms with E-state index in [9.17, 15) is 4.79 Å². The van der Waals surface area contributed by atoms with Gasteiger partial charge in [0.2, 0.25) is 0 Å². The Hall–Kier alpha value is -2.79. The number of aryl methyl sites for hydroxylation is 1. The van der Waals surface area contributed by atoms with Crippen molar-refractivity contribution in [1.29, 1.82) is 0 Å². The molecule has 4 rings (SSSR count). The van der Waals surface area contributed by atoms with Gasteiger partial charge in [0.25, 0.3) is 5.91 Å². The second kappa shape index (κ2) is 7.45. The lowest BCUT2D eigenvalue weighted by atomic mass is 10.1. The molecule has 0 saturated heterocycles. The lowest BCUT2D eigenvalue weighted by molar-refractivity contribution is -0.118. The normalized spacial score (nSPS) is 11.0. The highest BCUT2D eigenvalue weighted by Gasteiger charge is 2.10. The van der Waals surface area contributed by atoms with E-state index in [2.05, 4.69) is 28.2 Å². The van der Waals surface area contributed by atoms with E-state index < -0.39 is 0 Å². The molecule has 0 unspecified atom stereocenters. The summed E-state index contributed by atoms with van der Waals surface area (Å²) in [7, 11) is 0. The summed E-state index contributed by atoms with van der Waals surface area (Å²) in [5.41, 5.74) is 3.46. The molecule has 0 fully saturated rings. The van der Waals surface area contributed by atoms with Gasteiger partial charge in [0.15, 0.2) is 6.61 Å². The minimum Gasteiger partial charge on any atom is -0.483 e. The third kappa shape index (κ3) is 3.69. The van der Waals surface area contributed by atoms with E-state index in [4.69, 9.17) is 9.15 Å². The molecule has 4 aromatic rings. The summed E-state index contributed by atoms with van der Waals surface area (Å²) in [5.74, 6) is 0.423. The van der Waals surface area contributed by atoms with Crippen LogP contribution in [0.2, 0.25) is 0 Å². The Balaban J connectivity index is 1.45. The number of nitrogens with one attached hydrogen (secondary N) is 1. The molecule has 0 atom stereocenters. The number of para-hydroxylation sites is 1. The number of carbonyl (C=O) groups excluding carboxylic acids is 1. The average Bonchev–Trinajstić information content (AvgIpc) is 3.04. The second-order valence-electron chi connectivity index (χ2n) is 6.26.